The lowest BCUT2D eigenvalue weighted by molar-refractivity contribution is 0.588. The van der Waals surface area contributed by atoms with E-state index < -0.39 is 0 Å². The molecule has 1 unspecified atom stereocenters. The van der Waals surface area contributed by atoms with E-state index in [1.165, 1.54) is 29.7 Å². The zero-order valence-electron chi connectivity index (χ0n) is 10.7. The number of nitrogens with one attached hydrogen (secondary N) is 2. The van der Waals surface area contributed by atoms with Crippen molar-refractivity contribution in [2.45, 2.75) is 31.7 Å². The summed E-state index contributed by atoms with van der Waals surface area (Å²) in [5, 5.41) is 4.32. The van der Waals surface area contributed by atoms with Crippen LogP contribution in [-0.4, -0.2) is 22.6 Å². The molecule has 1 aromatic carbocycles. The molecule has 2 aromatic rings. The molecule has 0 spiro atoms. The Labute approximate surface area is 117 Å². The number of rotatable bonds is 2. The smallest absolute Gasteiger partial charge is 0.108 e. The van der Waals surface area contributed by atoms with Crippen LogP contribution < -0.4 is 5.32 Å². The summed E-state index contributed by atoms with van der Waals surface area (Å²) in [6.45, 7) is 1.15. The van der Waals surface area contributed by atoms with Crippen molar-refractivity contribution in [1.82, 2.24) is 15.3 Å². The number of H-pyrrole nitrogens is 1. The van der Waals surface area contributed by atoms with Gasteiger partial charge in [0.25, 0.3) is 0 Å². The normalized spacial score (nSPS) is 20.6. The van der Waals surface area contributed by atoms with Crippen LogP contribution in [0.5, 0.6) is 0 Å². The zero-order chi connectivity index (χ0) is 12.8. The molecule has 2 aliphatic rings. The fraction of sp³-hybridized carbons (Fsp3) is 0.400. The van der Waals surface area contributed by atoms with Crippen LogP contribution in [0.3, 0.4) is 0 Å². The molecule has 4 heteroatoms. The minimum Gasteiger partial charge on any atom is -0.345 e. The molecule has 19 heavy (non-hydrogen) atoms. The quantitative estimate of drug-likeness (QED) is 0.754. The van der Waals surface area contributed by atoms with Gasteiger partial charge in [0, 0.05) is 35.2 Å². The van der Waals surface area contributed by atoms with Gasteiger partial charge < -0.3 is 10.3 Å². The Morgan fingerprint density at radius 2 is 2.32 bits per heavy atom. The summed E-state index contributed by atoms with van der Waals surface area (Å²) in [4.78, 5) is 8.28. The van der Waals surface area contributed by atoms with E-state index in [9.17, 15) is 0 Å². The molecule has 1 saturated heterocycles. The predicted octanol–water partition coefficient (Wildman–Crippen LogP) is 2.93. The summed E-state index contributed by atoms with van der Waals surface area (Å²) in [5.41, 5.74) is 4.89. The van der Waals surface area contributed by atoms with Gasteiger partial charge in [-0.05, 0) is 37.1 Å². The van der Waals surface area contributed by atoms with Crippen LogP contribution >= 0.6 is 11.6 Å². The second-order valence-electron chi connectivity index (χ2n) is 5.49. The molecular weight excluding hydrogens is 258 g/mol. The monoisotopic (exact) mass is 273 g/mol. The minimum absolute atomic E-state index is 0.593. The number of aromatic nitrogens is 2. The molecule has 1 aliphatic heterocycles. The lowest BCUT2D eigenvalue weighted by atomic mass is 10.1. The molecule has 0 amide bonds. The van der Waals surface area contributed by atoms with Crippen molar-refractivity contribution < 1.29 is 0 Å². The Hall–Kier alpha value is -1.32. The highest BCUT2D eigenvalue weighted by atomic mass is 35.5. The van der Waals surface area contributed by atoms with E-state index in [1.54, 1.807) is 0 Å². The number of hydrogen-bond acceptors (Lipinski definition) is 2. The van der Waals surface area contributed by atoms with Crippen LogP contribution in [0.4, 0.5) is 0 Å². The Morgan fingerprint density at radius 1 is 1.37 bits per heavy atom. The van der Waals surface area contributed by atoms with Crippen LogP contribution in [0.1, 0.15) is 29.9 Å². The molecule has 2 N–H and O–H groups in total. The van der Waals surface area contributed by atoms with Gasteiger partial charge in [-0.2, -0.15) is 0 Å². The number of benzene rings is 1. The second-order valence-corrected chi connectivity index (χ2v) is 5.92. The van der Waals surface area contributed by atoms with Crippen molar-refractivity contribution >= 4 is 11.6 Å². The zero-order valence-corrected chi connectivity index (χ0v) is 11.4. The maximum Gasteiger partial charge on any atom is 0.108 e. The maximum atomic E-state index is 6.04. The highest BCUT2D eigenvalue weighted by Crippen LogP contribution is 2.36. The Morgan fingerprint density at radius 3 is 3.16 bits per heavy atom. The molecule has 1 fully saturated rings. The van der Waals surface area contributed by atoms with Gasteiger partial charge in [0.15, 0.2) is 0 Å². The first-order valence-corrected chi connectivity index (χ1v) is 7.27. The maximum absolute atomic E-state index is 6.04. The largest absolute Gasteiger partial charge is 0.345 e. The summed E-state index contributed by atoms with van der Waals surface area (Å²) in [6.07, 6.45) is 4.48. The number of halogens is 1. The van der Waals surface area contributed by atoms with E-state index in [1.807, 2.05) is 12.1 Å². The van der Waals surface area contributed by atoms with Gasteiger partial charge in [-0.25, -0.2) is 4.98 Å². The third-order valence-corrected chi connectivity index (χ3v) is 4.35. The van der Waals surface area contributed by atoms with Crippen molar-refractivity contribution in [1.29, 1.82) is 0 Å². The van der Waals surface area contributed by atoms with E-state index in [4.69, 9.17) is 16.6 Å². The Bertz CT molecular complexity index is 626. The first-order chi connectivity index (χ1) is 9.29. The summed E-state index contributed by atoms with van der Waals surface area (Å²) in [5.74, 6) is 1.12. The fourth-order valence-electron chi connectivity index (χ4n) is 3.21. The van der Waals surface area contributed by atoms with E-state index in [2.05, 4.69) is 16.4 Å². The fourth-order valence-corrected chi connectivity index (χ4v) is 3.40. The Balaban J connectivity index is 1.63. The SMILES string of the molecule is Clc1ccc2c(c1)Cc1[nH]c(CC3CCCN3)nc1-2. The first-order valence-electron chi connectivity index (χ1n) is 6.89. The molecule has 4 rings (SSSR count). The van der Waals surface area contributed by atoms with Gasteiger partial charge in [0.2, 0.25) is 0 Å². The highest BCUT2D eigenvalue weighted by Gasteiger charge is 2.24. The number of imidazole rings is 1. The molecule has 0 radical (unpaired) electrons. The number of hydrogen-bond donors (Lipinski definition) is 2. The van der Waals surface area contributed by atoms with Gasteiger partial charge in [-0.1, -0.05) is 17.7 Å². The van der Waals surface area contributed by atoms with Crippen LogP contribution in [0.25, 0.3) is 11.3 Å². The van der Waals surface area contributed by atoms with Gasteiger partial charge in [0.1, 0.15) is 5.82 Å². The lowest BCUT2D eigenvalue weighted by Gasteiger charge is -2.07. The minimum atomic E-state index is 0.593. The van der Waals surface area contributed by atoms with E-state index in [0.717, 1.165) is 35.9 Å². The standard InChI is InChI=1S/C15H16ClN3/c16-10-3-4-12-9(6-10)7-13-15(12)19-14(18-13)8-11-2-1-5-17-11/h3-4,6,11,17H,1-2,5,7-8H2,(H,18,19). The van der Waals surface area contributed by atoms with E-state index in [0.29, 0.717) is 6.04 Å². The van der Waals surface area contributed by atoms with Crippen molar-refractivity contribution in [2.24, 2.45) is 0 Å². The van der Waals surface area contributed by atoms with Crippen LogP contribution in [-0.2, 0) is 12.8 Å². The van der Waals surface area contributed by atoms with Crippen LogP contribution in [0.15, 0.2) is 18.2 Å². The molecular formula is C15H16ClN3. The Kier molecular flexibility index (Phi) is 2.64. The average molecular weight is 274 g/mol. The molecule has 2 heterocycles. The molecule has 1 aromatic heterocycles. The van der Waals surface area contributed by atoms with Crippen molar-refractivity contribution in [3.8, 4) is 11.3 Å². The molecule has 0 bridgehead atoms. The van der Waals surface area contributed by atoms with Gasteiger partial charge >= 0.3 is 0 Å². The summed E-state index contributed by atoms with van der Waals surface area (Å²) in [6, 6.07) is 6.67. The summed E-state index contributed by atoms with van der Waals surface area (Å²) < 4.78 is 0. The van der Waals surface area contributed by atoms with Gasteiger partial charge in [-0.3, -0.25) is 0 Å². The molecule has 3 nitrogen and oxygen atoms in total. The number of nitrogens with zero attached hydrogens (tertiary/aromatic N) is 1. The van der Waals surface area contributed by atoms with Crippen LogP contribution in [0, 0.1) is 0 Å². The van der Waals surface area contributed by atoms with Gasteiger partial charge in [0.05, 0.1) is 5.69 Å². The van der Waals surface area contributed by atoms with Crippen molar-refractivity contribution in [3.05, 3.63) is 40.3 Å². The molecule has 1 aliphatic carbocycles. The first kappa shape index (κ1) is 11.5. The third kappa shape index (κ3) is 1.97. The number of fused-ring (bicyclic) bond motifs is 3. The molecule has 0 saturated carbocycles. The van der Waals surface area contributed by atoms with E-state index >= 15 is 0 Å². The van der Waals surface area contributed by atoms with Crippen molar-refractivity contribution in [2.75, 3.05) is 6.54 Å². The summed E-state index contributed by atoms with van der Waals surface area (Å²) in [7, 11) is 0. The number of aromatic amines is 1. The summed E-state index contributed by atoms with van der Waals surface area (Å²) >= 11 is 6.04. The second kappa shape index (κ2) is 4.36. The molecule has 1 atom stereocenters. The highest BCUT2D eigenvalue weighted by molar-refractivity contribution is 6.30. The topological polar surface area (TPSA) is 40.7 Å². The van der Waals surface area contributed by atoms with E-state index in [-0.39, 0.29) is 0 Å². The third-order valence-electron chi connectivity index (χ3n) is 4.12. The predicted molar refractivity (Wildman–Crippen MR) is 76.6 cm³/mol. The molecule has 98 valence electrons. The van der Waals surface area contributed by atoms with Gasteiger partial charge in [-0.15, -0.1) is 0 Å². The lowest BCUT2D eigenvalue weighted by Crippen LogP contribution is -2.24. The average Bonchev–Trinajstić information content (AvgIpc) is 3.05. The van der Waals surface area contributed by atoms with Crippen molar-refractivity contribution in [3.63, 3.8) is 0 Å². The van der Waals surface area contributed by atoms with Crippen LogP contribution in [0.2, 0.25) is 5.02 Å².